The van der Waals surface area contributed by atoms with E-state index in [1.807, 2.05) is 20.8 Å². The monoisotopic (exact) mass is 332 g/mol. The van der Waals surface area contributed by atoms with Crippen LogP contribution in [0.5, 0.6) is 0 Å². The summed E-state index contributed by atoms with van der Waals surface area (Å²) in [4.78, 5) is 29.7. The molecule has 4 nitrogen and oxygen atoms in total. The average Bonchev–Trinajstić information content (AvgIpc) is 2.74. The fourth-order valence-electron chi connectivity index (χ4n) is 4.03. The van der Waals surface area contributed by atoms with E-state index in [4.69, 9.17) is 5.26 Å². The van der Waals surface area contributed by atoms with Crippen LogP contribution in [0.25, 0.3) is 0 Å². The molecule has 0 heterocycles. The lowest BCUT2D eigenvalue weighted by Crippen LogP contribution is -2.22. The lowest BCUT2D eigenvalue weighted by atomic mass is 9.75. The molecule has 0 bridgehead atoms. The van der Waals surface area contributed by atoms with E-state index in [0.717, 1.165) is 16.7 Å². The Balaban J connectivity index is 2.45. The maximum atomic E-state index is 12.6. The van der Waals surface area contributed by atoms with E-state index in [2.05, 4.69) is 18.0 Å². The van der Waals surface area contributed by atoms with E-state index in [1.165, 1.54) is 0 Å². The Bertz CT molecular complexity index is 611. The topological polar surface area (TPSA) is 63.6 Å². The molecule has 2 aliphatic carbocycles. The van der Waals surface area contributed by atoms with Crippen LogP contribution in [0.3, 0.4) is 0 Å². The molecule has 0 spiro atoms. The van der Waals surface area contributed by atoms with Crippen molar-refractivity contribution < 1.29 is 19.7 Å². The fraction of sp³-hybridized carbons (Fsp3) is 0.600. The zero-order chi connectivity index (χ0) is 18.1. The Labute approximate surface area is 144 Å². The van der Waals surface area contributed by atoms with Gasteiger partial charge in [-0.05, 0) is 48.3 Å². The standard InChI is InChI=1S/C20H28O4/c1-12(2)19-15-8-6-14(4)18(24-23)9-7-13(3)16(21)10-20(15,5)11-17(19)22/h12,18,23H,3-4,6-11H2,1-2,5H3/t18?,20-/m0/s1. The van der Waals surface area contributed by atoms with Crippen LogP contribution in [0.2, 0.25) is 0 Å². The van der Waals surface area contributed by atoms with Gasteiger partial charge in [-0.25, -0.2) is 4.89 Å². The Hall–Kier alpha value is -1.52. The smallest absolute Gasteiger partial charge is 0.159 e. The molecule has 1 unspecified atom stereocenters. The third kappa shape index (κ3) is 3.60. The van der Waals surface area contributed by atoms with Crippen LogP contribution in [-0.2, 0) is 14.5 Å². The molecule has 2 atom stereocenters. The second-order valence-corrected chi connectivity index (χ2v) is 7.70. The molecule has 0 aliphatic heterocycles. The molecular formula is C20H28O4. The SMILES string of the molecule is C=C1CCC(OO)C(=C)CCC2=C(C(C)C)C(=O)C[C@]2(C)CC1=O. The van der Waals surface area contributed by atoms with Crippen molar-refractivity contribution in [2.75, 3.05) is 0 Å². The van der Waals surface area contributed by atoms with Gasteiger partial charge in [0.05, 0.1) is 0 Å². The number of carbonyl (C=O) groups is 2. The van der Waals surface area contributed by atoms with Crippen molar-refractivity contribution in [3.05, 3.63) is 35.5 Å². The van der Waals surface area contributed by atoms with Crippen molar-refractivity contribution in [3.8, 4) is 0 Å². The maximum absolute atomic E-state index is 12.6. The van der Waals surface area contributed by atoms with Crippen molar-refractivity contribution in [2.45, 2.75) is 65.4 Å². The second-order valence-electron chi connectivity index (χ2n) is 7.70. The Morgan fingerprint density at radius 1 is 1.12 bits per heavy atom. The van der Waals surface area contributed by atoms with Crippen LogP contribution in [0.4, 0.5) is 0 Å². The summed E-state index contributed by atoms with van der Waals surface area (Å²) in [6.45, 7) is 14.0. The number of hydrogen-bond donors (Lipinski definition) is 1. The van der Waals surface area contributed by atoms with E-state index in [1.54, 1.807) is 0 Å². The molecule has 1 saturated carbocycles. The zero-order valence-corrected chi connectivity index (χ0v) is 15.0. The molecule has 132 valence electrons. The van der Waals surface area contributed by atoms with Crippen LogP contribution >= 0.6 is 0 Å². The van der Waals surface area contributed by atoms with E-state index < -0.39 is 11.5 Å². The van der Waals surface area contributed by atoms with Gasteiger partial charge in [-0.1, -0.05) is 39.5 Å². The summed E-state index contributed by atoms with van der Waals surface area (Å²) in [5.74, 6) is 0.284. The molecule has 0 amide bonds. The first-order valence-electron chi connectivity index (χ1n) is 8.65. The molecular weight excluding hydrogens is 304 g/mol. The van der Waals surface area contributed by atoms with Gasteiger partial charge in [-0.2, -0.15) is 0 Å². The quantitative estimate of drug-likeness (QED) is 0.352. The van der Waals surface area contributed by atoms with Gasteiger partial charge in [-0.15, -0.1) is 0 Å². The molecule has 1 fully saturated rings. The minimum atomic E-state index is -0.501. The lowest BCUT2D eigenvalue weighted by molar-refractivity contribution is -0.270. The number of allylic oxidation sites excluding steroid dienone is 3. The van der Waals surface area contributed by atoms with Crippen LogP contribution < -0.4 is 0 Å². The number of fused-ring (bicyclic) bond motifs is 1. The van der Waals surface area contributed by atoms with Crippen LogP contribution in [0.1, 0.15) is 59.3 Å². The molecule has 0 aromatic carbocycles. The second kappa shape index (κ2) is 7.16. The van der Waals surface area contributed by atoms with Crippen molar-refractivity contribution in [1.82, 2.24) is 0 Å². The van der Waals surface area contributed by atoms with Gasteiger partial charge in [0.1, 0.15) is 6.10 Å². The Kier molecular flexibility index (Phi) is 5.61. The highest BCUT2D eigenvalue weighted by atomic mass is 17.1. The number of Topliss-reactive ketones (excluding diaryl/α,β-unsaturated/α-hetero) is 2. The van der Waals surface area contributed by atoms with Gasteiger partial charge in [-0.3, -0.25) is 14.8 Å². The van der Waals surface area contributed by atoms with Gasteiger partial charge in [0.25, 0.3) is 0 Å². The summed E-state index contributed by atoms with van der Waals surface area (Å²) in [5, 5.41) is 9.14. The molecule has 0 aromatic heterocycles. The number of carbonyl (C=O) groups excluding carboxylic acids is 2. The minimum absolute atomic E-state index is 0.00277. The Morgan fingerprint density at radius 2 is 1.75 bits per heavy atom. The van der Waals surface area contributed by atoms with Gasteiger partial charge in [0.2, 0.25) is 0 Å². The van der Waals surface area contributed by atoms with Gasteiger partial charge in [0.15, 0.2) is 11.6 Å². The van der Waals surface area contributed by atoms with E-state index in [9.17, 15) is 9.59 Å². The summed E-state index contributed by atoms with van der Waals surface area (Å²) in [7, 11) is 0. The third-order valence-electron chi connectivity index (χ3n) is 5.41. The highest BCUT2D eigenvalue weighted by Gasteiger charge is 2.43. The van der Waals surface area contributed by atoms with Crippen molar-refractivity contribution in [1.29, 1.82) is 0 Å². The summed E-state index contributed by atoms with van der Waals surface area (Å²) in [5.41, 5.74) is 2.82. The molecule has 24 heavy (non-hydrogen) atoms. The first kappa shape index (κ1) is 18.8. The Morgan fingerprint density at radius 3 is 2.33 bits per heavy atom. The average molecular weight is 332 g/mol. The molecule has 2 rings (SSSR count). The third-order valence-corrected chi connectivity index (χ3v) is 5.41. The van der Waals surface area contributed by atoms with E-state index in [0.29, 0.717) is 44.1 Å². The molecule has 0 aromatic rings. The van der Waals surface area contributed by atoms with E-state index >= 15 is 0 Å². The van der Waals surface area contributed by atoms with E-state index in [-0.39, 0.29) is 17.5 Å². The van der Waals surface area contributed by atoms with Crippen LogP contribution in [0, 0.1) is 11.3 Å². The van der Waals surface area contributed by atoms with Crippen molar-refractivity contribution in [3.63, 3.8) is 0 Å². The molecule has 0 saturated heterocycles. The summed E-state index contributed by atoms with van der Waals surface area (Å²) in [6, 6.07) is 0. The molecule has 4 heteroatoms. The highest BCUT2D eigenvalue weighted by molar-refractivity contribution is 6.02. The number of hydrogen-bond acceptors (Lipinski definition) is 4. The lowest BCUT2D eigenvalue weighted by Gasteiger charge is -2.28. The largest absolute Gasteiger partial charge is 0.295 e. The molecule has 2 aliphatic rings. The molecule has 1 N–H and O–H groups in total. The normalized spacial score (nSPS) is 30.0. The van der Waals surface area contributed by atoms with Gasteiger partial charge >= 0.3 is 0 Å². The first-order chi connectivity index (χ1) is 11.2. The predicted molar refractivity (Wildman–Crippen MR) is 93.5 cm³/mol. The highest BCUT2D eigenvalue weighted by Crippen LogP contribution is 2.49. The van der Waals surface area contributed by atoms with Crippen molar-refractivity contribution in [2.24, 2.45) is 11.3 Å². The van der Waals surface area contributed by atoms with Gasteiger partial charge in [0, 0.05) is 18.3 Å². The maximum Gasteiger partial charge on any atom is 0.159 e. The van der Waals surface area contributed by atoms with Crippen LogP contribution in [-0.4, -0.2) is 22.9 Å². The minimum Gasteiger partial charge on any atom is -0.295 e. The van der Waals surface area contributed by atoms with Crippen molar-refractivity contribution >= 4 is 11.6 Å². The summed E-state index contributed by atoms with van der Waals surface area (Å²) < 4.78 is 0. The summed E-state index contributed by atoms with van der Waals surface area (Å²) in [6.07, 6.45) is 2.48. The molecule has 0 radical (unpaired) electrons. The zero-order valence-electron chi connectivity index (χ0n) is 15.0. The summed E-state index contributed by atoms with van der Waals surface area (Å²) >= 11 is 0. The number of rotatable bonds is 2. The van der Waals surface area contributed by atoms with Gasteiger partial charge < -0.3 is 0 Å². The predicted octanol–water partition coefficient (Wildman–Crippen LogP) is 4.42. The van der Waals surface area contributed by atoms with Crippen LogP contribution in [0.15, 0.2) is 35.5 Å². The fourth-order valence-corrected chi connectivity index (χ4v) is 4.03. The number of ketones is 2. The first-order valence-corrected chi connectivity index (χ1v) is 8.65.